The lowest BCUT2D eigenvalue weighted by Gasteiger charge is -2.19. The van der Waals surface area contributed by atoms with Crippen molar-refractivity contribution in [2.24, 2.45) is 0 Å². The molecule has 0 saturated carbocycles. The van der Waals surface area contributed by atoms with Gasteiger partial charge < -0.3 is 0 Å². The molecule has 2 atom stereocenters. The minimum Gasteiger partial charge on any atom is -0.294 e. The van der Waals surface area contributed by atoms with Crippen molar-refractivity contribution < 1.29 is 0 Å². The molecule has 0 aromatic carbocycles. The van der Waals surface area contributed by atoms with Gasteiger partial charge in [-0.3, -0.25) is 4.90 Å². The van der Waals surface area contributed by atoms with Gasteiger partial charge in [-0.1, -0.05) is 27.5 Å². The molecule has 2 unspecified atom stereocenters. The number of likely N-dealkylation sites (tertiary alicyclic amines) is 1. The van der Waals surface area contributed by atoms with E-state index in [0.29, 0.717) is 10.9 Å². The highest BCUT2D eigenvalue weighted by Crippen LogP contribution is 2.28. The molecule has 0 bridgehead atoms. The molecule has 1 aromatic rings. The predicted octanol–water partition coefficient (Wildman–Crippen LogP) is 3.76. The molecule has 0 N–H and O–H groups in total. The second-order valence-corrected chi connectivity index (χ2v) is 6.91. The van der Waals surface area contributed by atoms with Crippen LogP contribution in [-0.4, -0.2) is 22.3 Å². The van der Waals surface area contributed by atoms with Crippen LogP contribution < -0.4 is 0 Å². The number of hydrogen-bond donors (Lipinski definition) is 0. The third-order valence-electron chi connectivity index (χ3n) is 2.64. The average molecular weight is 295 g/mol. The summed E-state index contributed by atoms with van der Waals surface area (Å²) < 4.78 is 0.891. The number of halogens is 2. The Morgan fingerprint density at radius 3 is 2.93 bits per heavy atom. The number of alkyl halides is 1. The zero-order valence-electron chi connectivity index (χ0n) is 8.04. The summed E-state index contributed by atoms with van der Waals surface area (Å²) in [4.78, 5) is 4.53. The van der Waals surface area contributed by atoms with Crippen LogP contribution in [0, 0.1) is 0 Å². The summed E-state index contributed by atoms with van der Waals surface area (Å²) in [5.74, 6) is 0. The molecule has 2 rings (SSSR count). The van der Waals surface area contributed by atoms with Crippen LogP contribution in [0.5, 0.6) is 0 Å². The fourth-order valence-corrected chi connectivity index (χ4v) is 3.91. The maximum absolute atomic E-state index is 5.90. The van der Waals surface area contributed by atoms with Crippen molar-refractivity contribution in [3.63, 3.8) is 0 Å². The quantitative estimate of drug-likeness (QED) is 0.751. The molecule has 1 aliphatic rings. The van der Waals surface area contributed by atoms with E-state index < -0.39 is 0 Å². The van der Waals surface area contributed by atoms with Crippen molar-refractivity contribution >= 4 is 38.9 Å². The number of rotatable bonds is 2. The van der Waals surface area contributed by atoms with E-state index in [1.54, 1.807) is 11.3 Å². The van der Waals surface area contributed by atoms with E-state index in [1.165, 1.54) is 11.3 Å². The van der Waals surface area contributed by atoms with Gasteiger partial charge in [0.25, 0.3) is 0 Å². The van der Waals surface area contributed by atoms with E-state index in [-0.39, 0.29) is 0 Å². The number of thiophene rings is 1. The monoisotopic (exact) mass is 293 g/mol. The second-order valence-electron chi connectivity index (χ2n) is 3.82. The Hall–Kier alpha value is 0.430. The first-order chi connectivity index (χ1) is 6.65. The van der Waals surface area contributed by atoms with Crippen molar-refractivity contribution in [1.29, 1.82) is 0 Å². The minimum atomic E-state index is 0.660. The van der Waals surface area contributed by atoms with Crippen LogP contribution in [0.2, 0.25) is 4.34 Å². The van der Waals surface area contributed by atoms with Crippen LogP contribution in [0.15, 0.2) is 12.1 Å². The summed E-state index contributed by atoms with van der Waals surface area (Å²) >= 11 is 11.3. The lowest BCUT2D eigenvalue weighted by molar-refractivity contribution is 0.263. The van der Waals surface area contributed by atoms with Crippen LogP contribution in [-0.2, 0) is 6.54 Å². The Morgan fingerprint density at radius 2 is 2.43 bits per heavy atom. The van der Waals surface area contributed by atoms with E-state index in [2.05, 4.69) is 33.8 Å². The summed E-state index contributed by atoms with van der Waals surface area (Å²) in [6, 6.07) is 4.79. The van der Waals surface area contributed by atoms with Gasteiger partial charge in [0.05, 0.1) is 4.34 Å². The Balaban J connectivity index is 1.98. The third-order valence-corrected chi connectivity index (χ3v) is 4.52. The predicted molar refractivity (Wildman–Crippen MR) is 66.5 cm³/mol. The Labute approximate surface area is 102 Å². The highest BCUT2D eigenvalue weighted by Gasteiger charge is 2.27. The average Bonchev–Trinajstić information content (AvgIpc) is 2.61. The Bertz CT molecular complexity index is 315. The second kappa shape index (κ2) is 4.52. The molecule has 4 heteroatoms. The molecule has 1 nitrogen and oxygen atoms in total. The molecule has 1 saturated heterocycles. The molecule has 0 radical (unpaired) electrons. The Morgan fingerprint density at radius 1 is 1.64 bits per heavy atom. The molecule has 0 aliphatic carbocycles. The SMILES string of the molecule is CC1CC(Br)CN1Cc1ccc(Cl)s1. The van der Waals surface area contributed by atoms with Gasteiger partial charge in [0, 0.05) is 28.8 Å². The van der Waals surface area contributed by atoms with Crippen molar-refractivity contribution in [2.45, 2.75) is 30.8 Å². The van der Waals surface area contributed by atoms with Crippen LogP contribution in [0.3, 0.4) is 0 Å². The lowest BCUT2D eigenvalue weighted by atomic mass is 10.2. The molecule has 0 spiro atoms. The van der Waals surface area contributed by atoms with Crippen molar-refractivity contribution in [3.05, 3.63) is 21.3 Å². The summed E-state index contributed by atoms with van der Waals surface area (Å²) in [6.07, 6.45) is 1.25. The highest BCUT2D eigenvalue weighted by atomic mass is 79.9. The van der Waals surface area contributed by atoms with Gasteiger partial charge in [-0.2, -0.15) is 0 Å². The van der Waals surface area contributed by atoms with Crippen molar-refractivity contribution in [1.82, 2.24) is 4.90 Å². The van der Waals surface area contributed by atoms with Gasteiger partial charge in [-0.05, 0) is 25.5 Å². The molecule has 0 amide bonds. The first-order valence-electron chi connectivity index (χ1n) is 4.77. The first-order valence-corrected chi connectivity index (χ1v) is 6.88. The van der Waals surface area contributed by atoms with Gasteiger partial charge in [-0.25, -0.2) is 0 Å². The number of hydrogen-bond acceptors (Lipinski definition) is 2. The third kappa shape index (κ3) is 2.51. The fourth-order valence-electron chi connectivity index (χ4n) is 1.89. The van der Waals surface area contributed by atoms with E-state index in [9.17, 15) is 0 Å². The van der Waals surface area contributed by atoms with E-state index in [1.807, 2.05) is 6.07 Å². The van der Waals surface area contributed by atoms with E-state index in [4.69, 9.17) is 11.6 Å². The van der Waals surface area contributed by atoms with E-state index in [0.717, 1.165) is 17.4 Å². The summed E-state index contributed by atoms with van der Waals surface area (Å²) in [6.45, 7) is 4.48. The van der Waals surface area contributed by atoms with Gasteiger partial charge in [-0.15, -0.1) is 11.3 Å². The van der Waals surface area contributed by atoms with Crippen LogP contribution in [0.25, 0.3) is 0 Å². The lowest BCUT2D eigenvalue weighted by Crippen LogP contribution is -2.26. The van der Waals surface area contributed by atoms with Gasteiger partial charge in [0.1, 0.15) is 0 Å². The molecule has 1 aromatic heterocycles. The highest BCUT2D eigenvalue weighted by molar-refractivity contribution is 9.09. The topological polar surface area (TPSA) is 3.24 Å². The summed E-state index contributed by atoms with van der Waals surface area (Å²) in [7, 11) is 0. The smallest absolute Gasteiger partial charge is 0.0931 e. The van der Waals surface area contributed by atoms with Gasteiger partial charge >= 0.3 is 0 Å². The molecule has 78 valence electrons. The number of nitrogens with zero attached hydrogens (tertiary/aromatic N) is 1. The largest absolute Gasteiger partial charge is 0.294 e. The van der Waals surface area contributed by atoms with Crippen molar-refractivity contribution in [2.75, 3.05) is 6.54 Å². The Kier molecular flexibility index (Phi) is 3.53. The zero-order chi connectivity index (χ0) is 10.1. The molecular weight excluding hydrogens is 282 g/mol. The summed E-state index contributed by atoms with van der Waals surface area (Å²) in [5.41, 5.74) is 0. The molecular formula is C10H13BrClNS. The standard InChI is InChI=1S/C10H13BrClNS/c1-7-4-8(11)5-13(7)6-9-2-3-10(12)14-9/h2-3,7-8H,4-6H2,1H3. The van der Waals surface area contributed by atoms with Crippen LogP contribution in [0.4, 0.5) is 0 Å². The van der Waals surface area contributed by atoms with Crippen molar-refractivity contribution in [3.8, 4) is 0 Å². The first kappa shape index (κ1) is 10.9. The normalized spacial score (nSPS) is 28.5. The fraction of sp³-hybridized carbons (Fsp3) is 0.600. The minimum absolute atomic E-state index is 0.660. The zero-order valence-corrected chi connectivity index (χ0v) is 11.2. The molecule has 1 aliphatic heterocycles. The summed E-state index contributed by atoms with van der Waals surface area (Å²) in [5, 5.41) is 0. The maximum Gasteiger partial charge on any atom is 0.0931 e. The molecule has 2 heterocycles. The van der Waals surface area contributed by atoms with Crippen LogP contribution in [0.1, 0.15) is 18.2 Å². The molecule has 14 heavy (non-hydrogen) atoms. The molecule has 1 fully saturated rings. The van der Waals surface area contributed by atoms with Gasteiger partial charge in [0.15, 0.2) is 0 Å². The maximum atomic E-state index is 5.90. The van der Waals surface area contributed by atoms with E-state index >= 15 is 0 Å². The van der Waals surface area contributed by atoms with Crippen LogP contribution >= 0.6 is 38.9 Å². The van der Waals surface area contributed by atoms with Gasteiger partial charge in [0.2, 0.25) is 0 Å².